The van der Waals surface area contributed by atoms with Crippen molar-refractivity contribution in [2.75, 3.05) is 0 Å². The maximum absolute atomic E-state index is 13.6. The standard InChI is InChI=1S/C16H18FNO/c1-11-6-7-12(2)13(8-11)10-19-16-5-3-4-15(17)14(16)9-18/h3-8H,9-10,18H2,1-2H3. The molecule has 0 unspecified atom stereocenters. The molecule has 2 N–H and O–H groups in total. The van der Waals surface area contributed by atoms with E-state index in [1.54, 1.807) is 12.1 Å². The second kappa shape index (κ2) is 5.85. The topological polar surface area (TPSA) is 35.2 Å². The van der Waals surface area contributed by atoms with Gasteiger partial charge in [-0.15, -0.1) is 0 Å². The van der Waals surface area contributed by atoms with Gasteiger partial charge in [0.2, 0.25) is 0 Å². The highest BCUT2D eigenvalue weighted by Gasteiger charge is 2.08. The SMILES string of the molecule is Cc1ccc(C)c(COc2cccc(F)c2CN)c1. The van der Waals surface area contributed by atoms with E-state index in [0.29, 0.717) is 17.9 Å². The van der Waals surface area contributed by atoms with Crippen molar-refractivity contribution in [3.05, 3.63) is 64.5 Å². The minimum Gasteiger partial charge on any atom is -0.488 e. The molecule has 0 aliphatic carbocycles. The summed E-state index contributed by atoms with van der Waals surface area (Å²) < 4.78 is 19.3. The Labute approximate surface area is 113 Å². The van der Waals surface area contributed by atoms with Gasteiger partial charge in [-0.1, -0.05) is 29.8 Å². The molecule has 0 atom stereocenters. The van der Waals surface area contributed by atoms with Crippen LogP contribution in [0.3, 0.4) is 0 Å². The summed E-state index contributed by atoms with van der Waals surface area (Å²) in [5.41, 5.74) is 9.43. The van der Waals surface area contributed by atoms with E-state index in [4.69, 9.17) is 10.5 Å². The molecule has 0 aromatic heterocycles. The Morgan fingerprint density at radius 1 is 1.16 bits per heavy atom. The summed E-state index contributed by atoms with van der Waals surface area (Å²) in [7, 11) is 0. The fourth-order valence-corrected chi connectivity index (χ4v) is 1.98. The molecule has 0 aliphatic heterocycles. The van der Waals surface area contributed by atoms with E-state index in [1.165, 1.54) is 11.6 Å². The van der Waals surface area contributed by atoms with Crippen molar-refractivity contribution in [3.8, 4) is 5.75 Å². The molecule has 0 spiro atoms. The molecule has 0 saturated heterocycles. The molecule has 3 heteroatoms. The van der Waals surface area contributed by atoms with Crippen molar-refractivity contribution < 1.29 is 9.13 Å². The molecule has 2 nitrogen and oxygen atoms in total. The van der Waals surface area contributed by atoms with Crippen LogP contribution < -0.4 is 10.5 Å². The predicted molar refractivity (Wildman–Crippen MR) is 74.5 cm³/mol. The smallest absolute Gasteiger partial charge is 0.131 e. The first kappa shape index (κ1) is 13.6. The van der Waals surface area contributed by atoms with Crippen LogP contribution in [0.1, 0.15) is 22.3 Å². The van der Waals surface area contributed by atoms with Gasteiger partial charge in [-0.25, -0.2) is 4.39 Å². The number of hydrogen-bond acceptors (Lipinski definition) is 2. The number of rotatable bonds is 4. The van der Waals surface area contributed by atoms with Crippen molar-refractivity contribution in [1.29, 1.82) is 0 Å². The van der Waals surface area contributed by atoms with Crippen LogP contribution in [-0.4, -0.2) is 0 Å². The number of nitrogens with two attached hydrogens (primary N) is 1. The van der Waals surface area contributed by atoms with Gasteiger partial charge in [0.15, 0.2) is 0 Å². The fourth-order valence-electron chi connectivity index (χ4n) is 1.98. The third-order valence-electron chi connectivity index (χ3n) is 3.17. The van der Waals surface area contributed by atoms with Crippen LogP contribution in [-0.2, 0) is 13.2 Å². The summed E-state index contributed by atoms with van der Waals surface area (Å²) in [5.74, 6) is 0.198. The number of ether oxygens (including phenoxy) is 1. The maximum Gasteiger partial charge on any atom is 0.131 e. The molecule has 0 aliphatic rings. The van der Waals surface area contributed by atoms with Gasteiger partial charge in [-0.05, 0) is 37.1 Å². The minimum absolute atomic E-state index is 0.134. The highest BCUT2D eigenvalue weighted by molar-refractivity contribution is 5.35. The Morgan fingerprint density at radius 2 is 1.95 bits per heavy atom. The summed E-state index contributed by atoms with van der Waals surface area (Å²) >= 11 is 0. The first-order valence-electron chi connectivity index (χ1n) is 6.28. The average Bonchev–Trinajstić information content (AvgIpc) is 2.40. The summed E-state index contributed by atoms with van der Waals surface area (Å²) in [6.07, 6.45) is 0. The lowest BCUT2D eigenvalue weighted by atomic mass is 10.1. The minimum atomic E-state index is -0.319. The molecule has 0 bridgehead atoms. The van der Waals surface area contributed by atoms with Gasteiger partial charge in [-0.2, -0.15) is 0 Å². The van der Waals surface area contributed by atoms with Gasteiger partial charge in [-0.3, -0.25) is 0 Å². The summed E-state index contributed by atoms with van der Waals surface area (Å²) in [6, 6.07) is 11.0. The number of hydrogen-bond donors (Lipinski definition) is 1. The van der Waals surface area contributed by atoms with Crippen LogP contribution in [0.15, 0.2) is 36.4 Å². The molecule has 100 valence electrons. The van der Waals surface area contributed by atoms with Crippen LogP contribution in [0.5, 0.6) is 5.75 Å². The molecule has 19 heavy (non-hydrogen) atoms. The molecule has 0 amide bonds. The highest BCUT2D eigenvalue weighted by atomic mass is 19.1. The van der Waals surface area contributed by atoms with Crippen molar-refractivity contribution in [1.82, 2.24) is 0 Å². The Bertz CT molecular complexity index is 581. The average molecular weight is 259 g/mol. The molecular formula is C16H18FNO. The first-order valence-corrected chi connectivity index (χ1v) is 6.28. The molecule has 0 radical (unpaired) electrons. The van der Waals surface area contributed by atoms with Crippen molar-refractivity contribution in [2.45, 2.75) is 27.0 Å². The zero-order chi connectivity index (χ0) is 13.8. The quantitative estimate of drug-likeness (QED) is 0.912. The van der Waals surface area contributed by atoms with E-state index in [1.807, 2.05) is 13.8 Å². The Morgan fingerprint density at radius 3 is 2.68 bits per heavy atom. The molecular weight excluding hydrogens is 241 g/mol. The normalized spacial score (nSPS) is 10.5. The van der Waals surface area contributed by atoms with Crippen LogP contribution in [0.4, 0.5) is 4.39 Å². The largest absolute Gasteiger partial charge is 0.488 e. The Balaban J connectivity index is 2.19. The van der Waals surface area contributed by atoms with E-state index in [0.717, 1.165) is 11.1 Å². The molecule has 2 aromatic carbocycles. The van der Waals surface area contributed by atoms with Crippen LogP contribution in [0.25, 0.3) is 0 Å². The zero-order valence-electron chi connectivity index (χ0n) is 11.2. The monoisotopic (exact) mass is 259 g/mol. The summed E-state index contributed by atoms with van der Waals surface area (Å²) in [6.45, 7) is 4.63. The van der Waals surface area contributed by atoms with Gasteiger partial charge >= 0.3 is 0 Å². The lowest BCUT2D eigenvalue weighted by Crippen LogP contribution is -2.05. The van der Waals surface area contributed by atoms with Crippen LogP contribution >= 0.6 is 0 Å². The Hall–Kier alpha value is -1.87. The van der Waals surface area contributed by atoms with E-state index in [-0.39, 0.29) is 12.4 Å². The maximum atomic E-state index is 13.6. The van der Waals surface area contributed by atoms with Gasteiger partial charge in [0.1, 0.15) is 18.2 Å². The van der Waals surface area contributed by atoms with Crippen molar-refractivity contribution >= 4 is 0 Å². The molecule has 2 aromatic rings. The van der Waals surface area contributed by atoms with Crippen molar-refractivity contribution in [2.24, 2.45) is 5.73 Å². The Kier molecular flexibility index (Phi) is 4.17. The van der Waals surface area contributed by atoms with E-state index >= 15 is 0 Å². The van der Waals surface area contributed by atoms with E-state index < -0.39 is 0 Å². The zero-order valence-corrected chi connectivity index (χ0v) is 11.2. The van der Waals surface area contributed by atoms with Gasteiger partial charge in [0.05, 0.1) is 0 Å². The second-order valence-corrected chi connectivity index (χ2v) is 4.64. The van der Waals surface area contributed by atoms with Crippen molar-refractivity contribution in [3.63, 3.8) is 0 Å². The number of benzene rings is 2. The lowest BCUT2D eigenvalue weighted by Gasteiger charge is -2.13. The first-order chi connectivity index (χ1) is 9.11. The fraction of sp³-hybridized carbons (Fsp3) is 0.250. The highest BCUT2D eigenvalue weighted by Crippen LogP contribution is 2.22. The third-order valence-corrected chi connectivity index (χ3v) is 3.17. The summed E-state index contributed by atoms with van der Waals surface area (Å²) in [4.78, 5) is 0. The summed E-state index contributed by atoms with van der Waals surface area (Å²) in [5, 5.41) is 0. The predicted octanol–water partition coefficient (Wildman–Crippen LogP) is 3.48. The van der Waals surface area contributed by atoms with E-state index in [9.17, 15) is 4.39 Å². The lowest BCUT2D eigenvalue weighted by molar-refractivity contribution is 0.300. The van der Waals surface area contributed by atoms with Gasteiger partial charge in [0.25, 0.3) is 0 Å². The molecule has 0 saturated carbocycles. The molecule has 2 rings (SSSR count). The number of aryl methyl sites for hydroxylation is 2. The van der Waals surface area contributed by atoms with Gasteiger partial charge in [0, 0.05) is 12.1 Å². The number of halogens is 1. The van der Waals surface area contributed by atoms with Crippen LogP contribution in [0.2, 0.25) is 0 Å². The van der Waals surface area contributed by atoms with Gasteiger partial charge < -0.3 is 10.5 Å². The third kappa shape index (κ3) is 3.12. The second-order valence-electron chi connectivity index (χ2n) is 4.64. The molecule has 0 fully saturated rings. The molecule has 0 heterocycles. The van der Waals surface area contributed by atoms with Crippen LogP contribution in [0, 0.1) is 19.7 Å². The van der Waals surface area contributed by atoms with E-state index in [2.05, 4.69) is 18.2 Å².